The van der Waals surface area contributed by atoms with E-state index in [9.17, 15) is 4.79 Å². The van der Waals surface area contributed by atoms with Gasteiger partial charge in [0.05, 0.1) is 17.1 Å². The first kappa shape index (κ1) is 14.5. The summed E-state index contributed by atoms with van der Waals surface area (Å²) in [5, 5.41) is 3.20. The van der Waals surface area contributed by atoms with Gasteiger partial charge in [-0.2, -0.15) is 0 Å². The lowest BCUT2D eigenvalue weighted by atomic mass is 10.1. The summed E-state index contributed by atoms with van der Waals surface area (Å²) in [5.74, 6) is 0.653. The Hall–Kier alpha value is -1.88. The van der Waals surface area contributed by atoms with Crippen molar-refractivity contribution in [1.29, 1.82) is 0 Å². The molecule has 0 spiro atoms. The Kier molecular flexibility index (Phi) is 4.39. The molecule has 0 aliphatic heterocycles. The Balaban J connectivity index is 2.15. The summed E-state index contributed by atoms with van der Waals surface area (Å²) in [5.41, 5.74) is 7.53. The van der Waals surface area contributed by atoms with Gasteiger partial charge in [-0.1, -0.05) is 26.0 Å². The number of para-hydroxylation sites is 2. The van der Waals surface area contributed by atoms with Gasteiger partial charge in [0.2, 0.25) is 5.91 Å². The summed E-state index contributed by atoms with van der Waals surface area (Å²) < 4.78 is 2.13. The van der Waals surface area contributed by atoms with Crippen LogP contribution in [0.25, 0.3) is 11.0 Å². The summed E-state index contributed by atoms with van der Waals surface area (Å²) in [6.07, 6.45) is 0.661. The third kappa shape index (κ3) is 3.17. The zero-order chi connectivity index (χ0) is 14.7. The first-order valence-electron chi connectivity index (χ1n) is 6.96. The van der Waals surface area contributed by atoms with Gasteiger partial charge >= 0.3 is 0 Å². The lowest BCUT2D eigenvalue weighted by molar-refractivity contribution is -0.120. The number of rotatable bonds is 6. The van der Waals surface area contributed by atoms with Crippen molar-refractivity contribution in [2.24, 2.45) is 5.73 Å². The van der Waals surface area contributed by atoms with E-state index in [0.717, 1.165) is 23.4 Å². The number of carbonyl (C=O) groups is 1. The molecule has 0 saturated carbocycles. The van der Waals surface area contributed by atoms with Crippen LogP contribution in [0.3, 0.4) is 0 Å². The number of nitrogens with one attached hydrogen (secondary N) is 1. The fourth-order valence-electron chi connectivity index (χ4n) is 2.45. The number of imidazole rings is 1. The number of nitrogens with two attached hydrogens (primary N) is 1. The second kappa shape index (κ2) is 6.05. The lowest BCUT2D eigenvalue weighted by Gasteiger charge is -2.19. The Morgan fingerprint density at radius 1 is 1.40 bits per heavy atom. The molecule has 0 bridgehead atoms. The standard InChI is InChI=1S/C15H22N4O/c1-10(2)17-13(15(16)20)8-9-19-11(3)18-12-6-4-5-7-14(12)19/h4-7,10,13,17H,8-9H2,1-3H3,(H2,16,20). The third-order valence-corrected chi connectivity index (χ3v) is 3.36. The number of hydrogen-bond acceptors (Lipinski definition) is 3. The van der Waals surface area contributed by atoms with Gasteiger partial charge in [-0.15, -0.1) is 0 Å². The second-order valence-corrected chi connectivity index (χ2v) is 5.36. The fourth-order valence-corrected chi connectivity index (χ4v) is 2.45. The molecular weight excluding hydrogens is 252 g/mol. The molecule has 1 aromatic carbocycles. The molecule has 0 fully saturated rings. The van der Waals surface area contributed by atoms with Crippen molar-refractivity contribution in [3.63, 3.8) is 0 Å². The second-order valence-electron chi connectivity index (χ2n) is 5.36. The van der Waals surface area contributed by atoms with Crippen LogP contribution in [0.5, 0.6) is 0 Å². The van der Waals surface area contributed by atoms with Crippen molar-refractivity contribution >= 4 is 16.9 Å². The molecular formula is C15H22N4O. The summed E-state index contributed by atoms with van der Waals surface area (Å²) in [6.45, 7) is 6.72. The molecule has 108 valence electrons. The Bertz CT molecular complexity index is 603. The van der Waals surface area contributed by atoms with Crippen LogP contribution >= 0.6 is 0 Å². The Morgan fingerprint density at radius 2 is 2.10 bits per heavy atom. The third-order valence-electron chi connectivity index (χ3n) is 3.36. The van der Waals surface area contributed by atoms with Gasteiger partial charge in [-0.25, -0.2) is 4.98 Å². The predicted molar refractivity (Wildman–Crippen MR) is 80.3 cm³/mol. The van der Waals surface area contributed by atoms with E-state index in [1.165, 1.54) is 0 Å². The van der Waals surface area contributed by atoms with Gasteiger partial charge in [0.1, 0.15) is 5.82 Å². The number of aryl methyl sites for hydroxylation is 2. The Morgan fingerprint density at radius 3 is 2.75 bits per heavy atom. The van der Waals surface area contributed by atoms with Gasteiger partial charge < -0.3 is 15.6 Å². The van der Waals surface area contributed by atoms with E-state index < -0.39 is 0 Å². The first-order chi connectivity index (χ1) is 9.49. The van der Waals surface area contributed by atoms with Gasteiger partial charge in [0.15, 0.2) is 0 Å². The van der Waals surface area contributed by atoms with Crippen LogP contribution in [0.1, 0.15) is 26.1 Å². The van der Waals surface area contributed by atoms with Crippen LogP contribution in [0.15, 0.2) is 24.3 Å². The van der Waals surface area contributed by atoms with Gasteiger partial charge in [0, 0.05) is 12.6 Å². The lowest BCUT2D eigenvalue weighted by Crippen LogP contribution is -2.45. The molecule has 5 nitrogen and oxygen atoms in total. The number of hydrogen-bond donors (Lipinski definition) is 2. The SMILES string of the molecule is Cc1nc2ccccc2n1CCC(NC(C)C)C(N)=O. The maximum Gasteiger partial charge on any atom is 0.234 e. The molecule has 1 unspecified atom stereocenters. The molecule has 5 heteroatoms. The van der Waals surface area contributed by atoms with Gasteiger partial charge in [0.25, 0.3) is 0 Å². The highest BCUT2D eigenvalue weighted by molar-refractivity contribution is 5.80. The highest BCUT2D eigenvalue weighted by Gasteiger charge is 2.17. The van der Waals surface area contributed by atoms with Crippen molar-refractivity contribution in [1.82, 2.24) is 14.9 Å². The average Bonchev–Trinajstić information content (AvgIpc) is 2.69. The largest absolute Gasteiger partial charge is 0.368 e. The van der Waals surface area contributed by atoms with Crippen LogP contribution in [-0.4, -0.2) is 27.5 Å². The number of benzene rings is 1. The minimum atomic E-state index is -0.310. The van der Waals surface area contributed by atoms with Crippen LogP contribution < -0.4 is 11.1 Å². The van der Waals surface area contributed by atoms with Gasteiger partial charge in [-0.05, 0) is 25.5 Å². The Labute approximate surface area is 119 Å². The quantitative estimate of drug-likeness (QED) is 0.840. The normalized spacial score (nSPS) is 13.0. The minimum absolute atomic E-state index is 0.230. The molecule has 1 aromatic heterocycles. The highest BCUT2D eigenvalue weighted by Crippen LogP contribution is 2.16. The van der Waals surface area contributed by atoms with E-state index in [4.69, 9.17) is 5.73 Å². The van der Waals surface area contributed by atoms with E-state index in [0.29, 0.717) is 6.42 Å². The maximum atomic E-state index is 11.5. The monoisotopic (exact) mass is 274 g/mol. The van der Waals surface area contributed by atoms with Gasteiger partial charge in [-0.3, -0.25) is 4.79 Å². The van der Waals surface area contributed by atoms with E-state index in [1.54, 1.807) is 0 Å². The molecule has 1 heterocycles. The zero-order valence-electron chi connectivity index (χ0n) is 12.3. The van der Waals surface area contributed by atoms with Crippen LogP contribution in [0.4, 0.5) is 0 Å². The molecule has 0 aliphatic rings. The van der Waals surface area contributed by atoms with Crippen molar-refractivity contribution in [3.8, 4) is 0 Å². The summed E-state index contributed by atoms with van der Waals surface area (Å²) in [4.78, 5) is 16.0. The zero-order valence-corrected chi connectivity index (χ0v) is 12.3. The molecule has 1 atom stereocenters. The maximum absolute atomic E-state index is 11.5. The number of aromatic nitrogens is 2. The van der Waals surface area contributed by atoms with E-state index >= 15 is 0 Å². The van der Waals surface area contributed by atoms with Crippen molar-refractivity contribution in [3.05, 3.63) is 30.1 Å². The van der Waals surface area contributed by atoms with Crippen molar-refractivity contribution in [2.45, 2.75) is 45.8 Å². The number of fused-ring (bicyclic) bond motifs is 1. The van der Waals surface area contributed by atoms with Crippen LogP contribution in [0, 0.1) is 6.92 Å². The number of primary amides is 1. The molecule has 20 heavy (non-hydrogen) atoms. The topological polar surface area (TPSA) is 72.9 Å². The van der Waals surface area contributed by atoms with Crippen LogP contribution in [-0.2, 0) is 11.3 Å². The number of amides is 1. The van der Waals surface area contributed by atoms with Crippen LogP contribution in [0.2, 0.25) is 0 Å². The molecule has 0 radical (unpaired) electrons. The first-order valence-corrected chi connectivity index (χ1v) is 6.96. The molecule has 0 saturated heterocycles. The fraction of sp³-hybridized carbons (Fsp3) is 0.467. The van der Waals surface area contributed by atoms with Crippen molar-refractivity contribution < 1.29 is 4.79 Å². The van der Waals surface area contributed by atoms with E-state index in [1.807, 2.05) is 45.0 Å². The predicted octanol–water partition coefficient (Wildman–Crippen LogP) is 1.59. The molecule has 3 N–H and O–H groups in total. The average molecular weight is 274 g/mol. The smallest absolute Gasteiger partial charge is 0.234 e. The summed E-state index contributed by atoms with van der Waals surface area (Å²) in [6, 6.07) is 7.94. The van der Waals surface area contributed by atoms with E-state index in [2.05, 4.69) is 14.9 Å². The van der Waals surface area contributed by atoms with E-state index in [-0.39, 0.29) is 18.0 Å². The molecule has 1 amide bonds. The highest BCUT2D eigenvalue weighted by atomic mass is 16.1. The molecule has 2 aromatic rings. The number of nitrogens with zero attached hydrogens (tertiary/aromatic N) is 2. The molecule has 2 rings (SSSR count). The minimum Gasteiger partial charge on any atom is -0.368 e. The number of carbonyl (C=O) groups excluding carboxylic acids is 1. The summed E-state index contributed by atoms with van der Waals surface area (Å²) in [7, 11) is 0. The van der Waals surface area contributed by atoms with Crippen molar-refractivity contribution in [2.75, 3.05) is 0 Å². The molecule has 0 aliphatic carbocycles. The summed E-state index contributed by atoms with van der Waals surface area (Å²) >= 11 is 0.